The van der Waals surface area contributed by atoms with Gasteiger partial charge in [-0.15, -0.1) is 0 Å². The van der Waals surface area contributed by atoms with E-state index in [-0.39, 0.29) is 5.91 Å². The predicted molar refractivity (Wildman–Crippen MR) is 93.8 cm³/mol. The smallest absolute Gasteiger partial charge is 0.264 e. The maximum Gasteiger partial charge on any atom is 0.264 e. The average Bonchev–Trinajstić information content (AvgIpc) is 2.94. The van der Waals surface area contributed by atoms with Gasteiger partial charge in [-0.05, 0) is 36.8 Å². The molecule has 0 spiro atoms. The SMILES string of the molecule is Cc1cccc(N(C(=O)c2ccccc2)C2=NC[C@H](C)S2)c1. The fourth-order valence-corrected chi connectivity index (χ4v) is 3.33. The van der Waals surface area contributed by atoms with Crippen molar-refractivity contribution in [1.82, 2.24) is 0 Å². The van der Waals surface area contributed by atoms with E-state index in [1.807, 2.05) is 61.5 Å². The van der Waals surface area contributed by atoms with Crippen molar-refractivity contribution in [2.75, 3.05) is 11.4 Å². The van der Waals surface area contributed by atoms with E-state index in [9.17, 15) is 4.79 Å². The van der Waals surface area contributed by atoms with Crippen LogP contribution in [0.15, 0.2) is 59.6 Å². The number of nitrogens with zero attached hydrogens (tertiary/aromatic N) is 2. The predicted octanol–water partition coefficient (Wildman–Crippen LogP) is 4.13. The third-order valence-corrected chi connectivity index (χ3v) is 4.54. The number of rotatable bonds is 2. The van der Waals surface area contributed by atoms with Gasteiger partial charge < -0.3 is 0 Å². The Labute approximate surface area is 135 Å². The van der Waals surface area contributed by atoms with Crippen molar-refractivity contribution in [2.24, 2.45) is 4.99 Å². The van der Waals surface area contributed by atoms with Crippen molar-refractivity contribution in [2.45, 2.75) is 19.1 Å². The van der Waals surface area contributed by atoms with Gasteiger partial charge in [-0.1, -0.05) is 49.0 Å². The zero-order chi connectivity index (χ0) is 15.5. The molecule has 0 aliphatic carbocycles. The van der Waals surface area contributed by atoms with Gasteiger partial charge in [0.2, 0.25) is 0 Å². The number of hydrogen-bond acceptors (Lipinski definition) is 3. The zero-order valence-corrected chi connectivity index (χ0v) is 13.5. The second-order valence-corrected chi connectivity index (χ2v) is 6.80. The first kappa shape index (κ1) is 14.9. The van der Waals surface area contributed by atoms with Gasteiger partial charge in [0.1, 0.15) is 0 Å². The van der Waals surface area contributed by atoms with Crippen LogP contribution in [0.4, 0.5) is 5.69 Å². The van der Waals surface area contributed by atoms with Crippen molar-refractivity contribution >= 4 is 28.5 Å². The largest absolute Gasteiger partial charge is 0.268 e. The molecule has 2 aromatic rings. The van der Waals surface area contributed by atoms with E-state index in [0.717, 1.165) is 23.0 Å². The topological polar surface area (TPSA) is 32.7 Å². The van der Waals surface area contributed by atoms with E-state index in [2.05, 4.69) is 11.9 Å². The number of carbonyl (C=O) groups excluding carboxylic acids is 1. The molecule has 1 amide bonds. The molecule has 3 nitrogen and oxygen atoms in total. The molecule has 1 atom stereocenters. The van der Waals surface area contributed by atoms with Crippen LogP contribution in [0.25, 0.3) is 0 Å². The zero-order valence-electron chi connectivity index (χ0n) is 12.7. The molecule has 0 saturated carbocycles. The standard InChI is InChI=1S/C18H18N2OS/c1-13-7-6-10-16(11-13)20(18-19-12-14(2)22-18)17(21)15-8-4-3-5-9-15/h3-11,14H,12H2,1-2H3/t14-/m0/s1. The molecule has 0 aromatic heterocycles. The fraction of sp³-hybridized carbons (Fsp3) is 0.222. The van der Waals surface area contributed by atoms with E-state index in [1.165, 1.54) is 0 Å². The van der Waals surface area contributed by atoms with E-state index < -0.39 is 0 Å². The maximum atomic E-state index is 13.0. The normalized spacial score (nSPS) is 17.2. The van der Waals surface area contributed by atoms with E-state index in [1.54, 1.807) is 16.7 Å². The van der Waals surface area contributed by atoms with Crippen molar-refractivity contribution in [1.29, 1.82) is 0 Å². The van der Waals surface area contributed by atoms with E-state index in [0.29, 0.717) is 10.8 Å². The summed E-state index contributed by atoms with van der Waals surface area (Å²) in [6, 6.07) is 17.3. The minimum Gasteiger partial charge on any atom is -0.268 e. The summed E-state index contributed by atoms with van der Waals surface area (Å²) in [5.74, 6) is -0.0356. The molecule has 22 heavy (non-hydrogen) atoms. The molecule has 0 unspecified atom stereocenters. The first-order valence-electron chi connectivity index (χ1n) is 7.32. The van der Waals surface area contributed by atoms with Crippen LogP contribution in [0.2, 0.25) is 0 Å². The Morgan fingerprint density at radius 2 is 1.95 bits per heavy atom. The van der Waals surface area contributed by atoms with Gasteiger partial charge in [-0.3, -0.25) is 14.7 Å². The number of amides is 1. The van der Waals surface area contributed by atoms with Gasteiger partial charge in [0.05, 0.1) is 12.2 Å². The fourth-order valence-electron chi connectivity index (χ4n) is 2.38. The molecule has 2 aromatic carbocycles. The summed E-state index contributed by atoms with van der Waals surface area (Å²) in [5.41, 5.74) is 2.67. The van der Waals surface area contributed by atoms with Crippen LogP contribution in [-0.2, 0) is 0 Å². The third-order valence-electron chi connectivity index (χ3n) is 3.47. The molecule has 1 heterocycles. The number of aryl methyl sites for hydroxylation is 1. The summed E-state index contributed by atoms with van der Waals surface area (Å²) < 4.78 is 0. The molecule has 4 heteroatoms. The lowest BCUT2D eigenvalue weighted by atomic mass is 10.1. The van der Waals surface area contributed by atoms with Gasteiger partial charge in [0, 0.05) is 10.8 Å². The summed E-state index contributed by atoms with van der Waals surface area (Å²) in [6.45, 7) is 4.91. The highest BCUT2D eigenvalue weighted by Crippen LogP contribution is 2.29. The molecule has 1 aliphatic heterocycles. The molecule has 3 rings (SSSR count). The van der Waals surface area contributed by atoms with Crippen molar-refractivity contribution in [3.8, 4) is 0 Å². The van der Waals surface area contributed by atoms with Gasteiger partial charge >= 0.3 is 0 Å². The minimum atomic E-state index is -0.0356. The summed E-state index contributed by atoms with van der Waals surface area (Å²) in [4.78, 5) is 19.3. The summed E-state index contributed by atoms with van der Waals surface area (Å²) in [5, 5.41) is 1.19. The number of thioether (sulfide) groups is 1. The minimum absolute atomic E-state index is 0.0356. The summed E-state index contributed by atoms with van der Waals surface area (Å²) in [7, 11) is 0. The van der Waals surface area contributed by atoms with E-state index in [4.69, 9.17) is 0 Å². The van der Waals surface area contributed by atoms with Crippen LogP contribution in [0.5, 0.6) is 0 Å². The van der Waals surface area contributed by atoms with Gasteiger partial charge in [-0.2, -0.15) is 0 Å². The van der Waals surface area contributed by atoms with Gasteiger partial charge in [-0.25, -0.2) is 0 Å². The number of benzene rings is 2. The monoisotopic (exact) mass is 310 g/mol. The Kier molecular flexibility index (Phi) is 4.29. The Morgan fingerprint density at radius 1 is 1.18 bits per heavy atom. The highest BCUT2D eigenvalue weighted by molar-refractivity contribution is 8.15. The molecule has 0 radical (unpaired) electrons. The van der Waals surface area contributed by atoms with Gasteiger partial charge in [0.15, 0.2) is 5.17 Å². The van der Waals surface area contributed by atoms with Crippen molar-refractivity contribution in [3.05, 3.63) is 65.7 Å². The Balaban J connectivity index is 2.02. The maximum absolute atomic E-state index is 13.0. The van der Waals surface area contributed by atoms with Crippen LogP contribution in [0, 0.1) is 6.92 Å². The molecular formula is C18H18N2OS. The number of anilines is 1. The number of carbonyl (C=O) groups is 1. The Bertz CT molecular complexity index is 712. The lowest BCUT2D eigenvalue weighted by Crippen LogP contribution is -2.34. The second-order valence-electron chi connectivity index (χ2n) is 5.40. The molecule has 0 saturated heterocycles. The molecule has 1 aliphatic rings. The lowest BCUT2D eigenvalue weighted by Gasteiger charge is -2.23. The van der Waals surface area contributed by atoms with Crippen LogP contribution in [0.3, 0.4) is 0 Å². The Hall–Kier alpha value is -2.07. The first-order valence-corrected chi connectivity index (χ1v) is 8.20. The molecule has 0 bridgehead atoms. The van der Waals surface area contributed by atoms with Crippen LogP contribution in [0.1, 0.15) is 22.8 Å². The van der Waals surface area contributed by atoms with Crippen molar-refractivity contribution < 1.29 is 4.79 Å². The quantitative estimate of drug-likeness (QED) is 0.835. The van der Waals surface area contributed by atoms with Crippen LogP contribution < -0.4 is 4.90 Å². The van der Waals surface area contributed by atoms with E-state index >= 15 is 0 Å². The lowest BCUT2D eigenvalue weighted by molar-refractivity contribution is 0.100. The average molecular weight is 310 g/mol. The summed E-state index contributed by atoms with van der Waals surface area (Å²) >= 11 is 1.65. The first-order chi connectivity index (χ1) is 10.6. The highest BCUT2D eigenvalue weighted by Gasteiger charge is 2.28. The van der Waals surface area contributed by atoms with Crippen LogP contribution >= 0.6 is 11.8 Å². The molecule has 0 fully saturated rings. The van der Waals surface area contributed by atoms with Crippen molar-refractivity contribution in [3.63, 3.8) is 0 Å². The highest BCUT2D eigenvalue weighted by atomic mass is 32.2. The van der Waals surface area contributed by atoms with Gasteiger partial charge in [0.25, 0.3) is 5.91 Å². The molecule has 112 valence electrons. The third kappa shape index (κ3) is 3.07. The number of hydrogen-bond donors (Lipinski definition) is 0. The van der Waals surface area contributed by atoms with Crippen LogP contribution in [-0.4, -0.2) is 22.9 Å². The number of aliphatic imine (C=N–C) groups is 1. The Morgan fingerprint density at radius 3 is 2.59 bits per heavy atom. The summed E-state index contributed by atoms with van der Waals surface area (Å²) in [6.07, 6.45) is 0. The molecule has 0 N–H and O–H groups in total. The molecular weight excluding hydrogens is 292 g/mol. The second kappa shape index (κ2) is 6.36. The number of amidine groups is 1.